The van der Waals surface area contributed by atoms with Crippen molar-refractivity contribution in [3.05, 3.63) is 24.0 Å². The number of rotatable bonds is 2. The molecule has 2 rings (SSSR count). The van der Waals surface area contributed by atoms with Gasteiger partial charge >= 0.3 is 4.83 Å². The van der Waals surface area contributed by atoms with E-state index in [1.54, 1.807) is 18.2 Å². The number of halogens is 3. The Bertz CT molecular complexity index is 492. The molecule has 0 saturated heterocycles. The van der Waals surface area contributed by atoms with Gasteiger partial charge in [-0.25, -0.2) is 4.98 Å². The summed E-state index contributed by atoms with van der Waals surface area (Å²) in [7, 11) is 1.51. The van der Waals surface area contributed by atoms with E-state index in [1.165, 1.54) is 7.11 Å². The Labute approximate surface area is 92.6 Å². The highest BCUT2D eigenvalue weighted by atomic mass is 79.9. The van der Waals surface area contributed by atoms with Crippen LogP contribution in [0.4, 0.5) is 8.78 Å². The first kappa shape index (κ1) is 10.4. The van der Waals surface area contributed by atoms with Crippen LogP contribution in [0.15, 0.2) is 18.2 Å². The van der Waals surface area contributed by atoms with Gasteiger partial charge in [0.15, 0.2) is 5.82 Å². The van der Waals surface area contributed by atoms with Crippen LogP contribution in [0, 0.1) is 0 Å². The molecule has 1 N–H and O–H groups in total. The number of hydrogen-bond acceptors (Lipinski definition) is 2. The summed E-state index contributed by atoms with van der Waals surface area (Å²) in [6.07, 6.45) is 0. The molecule has 0 spiro atoms. The molecule has 0 bridgehead atoms. The Hall–Kier alpha value is -1.17. The Balaban J connectivity index is 2.56. The molecule has 0 aliphatic rings. The van der Waals surface area contributed by atoms with Crippen LogP contribution in [0.5, 0.6) is 5.75 Å². The second-order valence-electron chi connectivity index (χ2n) is 2.97. The standard InChI is InChI=1S/C9H7BrF2N2O/c1-15-5-2-3-6-7(4-5)14-8(13-6)9(10,11)12/h2-4H,1H3,(H,13,14). The quantitative estimate of drug-likeness (QED) is 0.857. The van der Waals surface area contributed by atoms with Gasteiger partial charge in [0.1, 0.15) is 5.75 Å². The number of alkyl halides is 3. The van der Waals surface area contributed by atoms with E-state index in [0.29, 0.717) is 16.8 Å². The van der Waals surface area contributed by atoms with Crippen LogP contribution >= 0.6 is 15.9 Å². The number of aromatic amines is 1. The summed E-state index contributed by atoms with van der Waals surface area (Å²) >= 11 is 2.24. The van der Waals surface area contributed by atoms with Gasteiger partial charge in [0, 0.05) is 6.07 Å². The zero-order valence-electron chi connectivity index (χ0n) is 7.72. The van der Waals surface area contributed by atoms with Gasteiger partial charge in [-0.2, -0.15) is 8.78 Å². The molecule has 1 aromatic heterocycles. The molecule has 0 unspecified atom stereocenters. The number of methoxy groups -OCH3 is 1. The second kappa shape index (κ2) is 3.44. The molecule has 0 aliphatic carbocycles. The molecule has 1 aromatic carbocycles. The van der Waals surface area contributed by atoms with E-state index in [0.717, 1.165) is 0 Å². The summed E-state index contributed by atoms with van der Waals surface area (Å²) in [6, 6.07) is 4.90. The Morgan fingerprint density at radius 3 is 2.80 bits per heavy atom. The first-order valence-corrected chi connectivity index (χ1v) is 4.91. The Morgan fingerprint density at radius 2 is 2.20 bits per heavy atom. The van der Waals surface area contributed by atoms with Gasteiger partial charge in [-0.05, 0) is 28.1 Å². The maximum Gasteiger partial charge on any atom is 0.358 e. The van der Waals surface area contributed by atoms with Crippen molar-refractivity contribution in [2.24, 2.45) is 0 Å². The predicted octanol–water partition coefficient (Wildman–Crippen LogP) is 3.02. The maximum absolute atomic E-state index is 12.9. The Morgan fingerprint density at radius 1 is 1.47 bits per heavy atom. The van der Waals surface area contributed by atoms with Crippen LogP contribution in [0.25, 0.3) is 11.0 Å². The molecule has 1 heterocycles. The van der Waals surface area contributed by atoms with Crippen LogP contribution in [0.1, 0.15) is 5.82 Å². The van der Waals surface area contributed by atoms with Crippen molar-refractivity contribution in [1.82, 2.24) is 9.97 Å². The van der Waals surface area contributed by atoms with Crippen molar-refractivity contribution in [2.45, 2.75) is 4.83 Å². The molecule has 0 atom stereocenters. The van der Waals surface area contributed by atoms with Gasteiger partial charge in [-0.1, -0.05) is 0 Å². The van der Waals surface area contributed by atoms with E-state index >= 15 is 0 Å². The third kappa shape index (κ3) is 1.94. The van der Waals surface area contributed by atoms with Crippen molar-refractivity contribution < 1.29 is 13.5 Å². The van der Waals surface area contributed by atoms with Crippen LogP contribution < -0.4 is 4.74 Å². The number of imidazole rings is 1. The molecule has 0 radical (unpaired) electrons. The van der Waals surface area contributed by atoms with Crippen molar-refractivity contribution in [3.63, 3.8) is 0 Å². The highest BCUT2D eigenvalue weighted by molar-refractivity contribution is 9.09. The lowest BCUT2D eigenvalue weighted by atomic mass is 10.3. The number of hydrogen-bond donors (Lipinski definition) is 1. The first-order chi connectivity index (χ1) is 7.00. The SMILES string of the molecule is COc1ccc2nc(C(F)(F)Br)[nH]c2c1. The van der Waals surface area contributed by atoms with E-state index in [-0.39, 0.29) is 0 Å². The molecule has 15 heavy (non-hydrogen) atoms. The number of benzene rings is 1. The summed E-state index contributed by atoms with van der Waals surface area (Å²) in [5.74, 6) is 0.182. The van der Waals surface area contributed by atoms with E-state index in [1.807, 2.05) is 0 Å². The molecule has 3 nitrogen and oxygen atoms in total. The summed E-state index contributed by atoms with van der Waals surface area (Å²) in [6.45, 7) is 0. The van der Waals surface area contributed by atoms with Gasteiger partial charge < -0.3 is 9.72 Å². The highest BCUT2D eigenvalue weighted by Gasteiger charge is 2.31. The normalized spacial score (nSPS) is 12.0. The average molecular weight is 277 g/mol. The fourth-order valence-electron chi connectivity index (χ4n) is 1.25. The zero-order valence-corrected chi connectivity index (χ0v) is 9.31. The highest BCUT2D eigenvalue weighted by Crippen LogP contribution is 2.33. The molecule has 0 amide bonds. The van der Waals surface area contributed by atoms with Gasteiger partial charge in [0.25, 0.3) is 0 Å². The van der Waals surface area contributed by atoms with Gasteiger partial charge in [-0.15, -0.1) is 0 Å². The van der Waals surface area contributed by atoms with Crippen LogP contribution in [-0.4, -0.2) is 17.1 Å². The summed E-state index contributed by atoms with van der Waals surface area (Å²) in [5, 5.41) is 0. The molecule has 0 saturated carbocycles. The van der Waals surface area contributed by atoms with Crippen molar-refractivity contribution in [2.75, 3.05) is 7.11 Å². The van der Waals surface area contributed by atoms with Crippen LogP contribution in [0.2, 0.25) is 0 Å². The van der Waals surface area contributed by atoms with E-state index in [2.05, 4.69) is 25.9 Å². The average Bonchev–Trinajstić information content (AvgIpc) is 2.59. The molecule has 6 heteroatoms. The van der Waals surface area contributed by atoms with Crippen molar-refractivity contribution in [1.29, 1.82) is 0 Å². The molecular formula is C9H7BrF2N2O. The van der Waals surface area contributed by atoms with Gasteiger partial charge in [-0.3, -0.25) is 0 Å². The minimum absolute atomic E-state index is 0.411. The largest absolute Gasteiger partial charge is 0.497 e. The molecule has 80 valence electrons. The van der Waals surface area contributed by atoms with Gasteiger partial charge in [0.05, 0.1) is 18.1 Å². The summed E-state index contributed by atoms with van der Waals surface area (Å²) < 4.78 is 30.7. The number of fused-ring (bicyclic) bond motifs is 1. The summed E-state index contributed by atoms with van der Waals surface area (Å²) in [5.41, 5.74) is 0.994. The van der Waals surface area contributed by atoms with E-state index in [4.69, 9.17) is 4.74 Å². The molecule has 2 aromatic rings. The smallest absolute Gasteiger partial charge is 0.358 e. The Kier molecular flexibility index (Phi) is 2.38. The minimum atomic E-state index is -3.14. The number of aromatic nitrogens is 2. The lowest BCUT2D eigenvalue weighted by molar-refractivity contribution is 0.105. The van der Waals surface area contributed by atoms with Gasteiger partial charge in [0.2, 0.25) is 0 Å². The molecule has 0 aliphatic heterocycles. The van der Waals surface area contributed by atoms with E-state index in [9.17, 15) is 8.78 Å². The zero-order chi connectivity index (χ0) is 11.1. The van der Waals surface area contributed by atoms with Crippen LogP contribution in [0.3, 0.4) is 0 Å². The molecule has 0 fully saturated rings. The van der Waals surface area contributed by atoms with E-state index < -0.39 is 10.7 Å². The first-order valence-electron chi connectivity index (χ1n) is 4.11. The number of H-pyrrole nitrogens is 1. The van der Waals surface area contributed by atoms with Crippen molar-refractivity contribution in [3.8, 4) is 5.75 Å². The second-order valence-corrected chi connectivity index (χ2v) is 3.96. The predicted molar refractivity (Wildman–Crippen MR) is 55.5 cm³/mol. The topological polar surface area (TPSA) is 37.9 Å². The lowest BCUT2D eigenvalue weighted by Gasteiger charge is -2.01. The lowest BCUT2D eigenvalue weighted by Crippen LogP contribution is -2.04. The third-order valence-corrected chi connectivity index (χ3v) is 2.33. The maximum atomic E-state index is 12.9. The monoisotopic (exact) mass is 276 g/mol. The fourth-order valence-corrected chi connectivity index (χ4v) is 1.44. The summed E-state index contributed by atoms with van der Waals surface area (Å²) in [4.78, 5) is 3.13. The fraction of sp³-hybridized carbons (Fsp3) is 0.222. The molecular weight excluding hydrogens is 270 g/mol. The van der Waals surface area contributed by atoms with Crippen molar-refractivity contribution >= 4 is 27.0 Å². The van der Waals surface area contributed by atoms with Crippen LogP contribution in [-0.2, 0) is 4.83 Å². The number of nitrogens with zero attached hydrogens (tertiary/aromatic N) is 1. The number of ether oxygens (including phenoxy) is 1. The minimum Gasteiger partial charge on any atom is -0.497 e. The number of nitrogens with one attached hydrogen (secondary N) is 1. The third-order valence-electron chi connectivity index (χ3n) is 1.96.